The van der Waals surface area contributed by atoms with Gasteiger partial charge >= 0.3 is 5.97 Å². The third-order valence-electron chi connectivity index (χ3n) is 3.98. The summed E-state index contributed by atoms with van der Waals surface area (Å²) in [6.07, 6.45) is 6.32. The minimum absolute atomic E-state index is 0.322. The van der Waals surface area contributed by atoms with Crippen molar-refractivity contribution >= 4 is 5.97 Å². The van der Waals surface area contributed by atoms with Gasteiger partial charge in [-0.15, -0.1) is 0 Å². The lowest BCUT2D eigenvalue weighted by Crippen LogP contribution is -2.10. The molecule has 1 aliphatic rings. The van der Waals surface area contributed by atoms with E-state index >= 15 is 0 Å². The molecule has 0 heterocycles. The van der Waals surface area contributed by atoms with Gasteiger partial charge in [-0.3, -0.25) is 0 Å². The second-order valence-corrected chi connectivity index (χ2v) is 5.25. The summed E-state index contributed by atoms with van der Waals surface area (Å²) >= 11 is 0. The second kappa shape index (κ2) is 6.09. The zero-order chi connectivity index (χ0) is 13.8. The van der Waals surface area contributed by atoms with Crippen LogP contribution in [-0.4, -0.2) is 20.2 Å². The molecule has 1 fully saturated rings. The molecule has 0 amide bonds. The molecule has 1 aromatic carbocycles. The first-order valence-corrected chi connectivity index (χ1v) is 6.94. The summed E-state index contributed by atoms with van der Waals surface area (Å²) in [7, 11) is 3.00. The standard InChI is InChI=1S/C16H22O3/c1-11-9-13(12-7-5-4-6-8-12)10-14(15(11)18-2)16(17)19-3/h9-10,12H,4-8H2,1-3H3. The fraction of sp³-hybridized carbons (Fsp3) is 0.562. The van der Waals surface area contributed by atoms with Crippen molar-refractivity contribution in [2.45, 2.75) is 44.9 Å². The average molecular weight is 262 g/mol. The van der Waals surface area contributed by atoms with Crippen molar-refractivity contribution in [1.29, 1.82) is 0 Å². The molecule has 0 bridgehead atoms. The molecule has 0 radical (unpaired) electrons. The zero-order valence-corrected chi connectivity index (χ0v) is 12.0. The van der Waals surface area contributed by atoms with Gasteiger partial charge in [0.05, 0.1) is 14.2 Å². The van der Waals surface area contributed by atoms with E-state index in [4.69, 9.17) is 9.47 Å². The Morgan fingerprint density at radius 3 is 2.42 bits per heavy atom. The molecule has 1 aliphatic carbocycles. The van der Waals surface area contributed by atoms with Gasteiger partial charge in [0, 0.05) is 0 Å². The van der Waals surface area contributed by atoms with Crippen LogP contribution in [0.4, 0.5) is 0 Å². The van der Waals surface area contributed by atoms with Crippen molar-refractivity contribution in [1.82, 2.24) is 0 Å². The number of aryl methyl sites for hydroxylation is 1. The maximum atomic E-state index is 11.9. The lowest BCUT2D eigenvalue weighted by molar-refractivity contribution is 0.0596. The van der Waals surface area contributed by atoms with E-state index in [0.717, 1.165) is 5.56 Å². The van der Waals surface area contributed by atoms with E-state index in [1.54, 1.807) is 7.11 Å². The number of methoxy groups -OCH3 is 2. The van der Waals surface area contributed by atoms with E-state index in [9.17, 15) is 4.79 Å². The lowest BCUT2D eigenvalue weighted by Gasteiger charge is -2.23. The molecule has 19 heavy (non-hydrogen) atoms. The van der Waals surface area contributed by atoms with Crippen molar-refractivity contribution in [2.75, 3.05) is 14.2 Å². The molecule has 1 aromatic rings. The highest BCUT2D eigenvalue weighted by Gasteiger charge is 2.21. The number of hydrogen-bond donors (Lipinski definition) is 0. The van der Waals surface area contributed by atoms with Crippen LogP contribution in [0.15, 0.2) is 12.1 Å². The summed E-state index contributed by atoms with van der Waals surface area (Å²) in [4.78, 5) is 11.9. The fourth-order valence-corrected chi connectivity index (χ4v) is 3.01. The van der Waals surface area contributed by atoms with E-state index in [-0.39, 0.29) is 5.97 Å². The Labute approximate surface area is 114 Å². The summed E-state index contributed by atoms with van der Waals surface area (Å²) in [6, 6.07) is 4.11. The number of carbonyl (C=O) groups excluding carboxylic acids is 1. The monoisotopic (exact) mass is 262 g/mol. The first kappa shape index (κ1) is 13.9. The first-order chi connectivity index (χ1) is 9.17. The number of ether oxygens (including phenoxy) is 2. The van der Waals surface area contributed by atoms with Gasteiger partial charge in [-0.1, -0.05) is 25.3 Å². The van der Waals surface area contributed by atoms with Gasteiger partial charge in [-0.2, -0.15) is 0 Å². The molecule has 0 saturated heterocycles. The van der Waals surface area contributed by atoms with Crippen LogP contribution >= 0.6 is 0 Å². The number of benzene rings is 1. The summed E-state index contributed by atoms with van der Waals surface area (Å²) in [5.74, 6) is 0.880. The average Bonchev–Trinajstić information content (AvgIpc) is 2.46. The summed E-state index contributed by atoms with van der Waals surface area (Å²) in [6.45, 7) is 1.98. The van der Waals surface area contributed by atoms with Gasteiger partial charge in [0.2, 0.25) is 0 Å². The molecule has 0 spiro atoms. The lowest BCUT2D eigenvalue weighted by atomic mass is 9.83. The highest BCUT2D eigenvalue weighted by atomic mass is 16.5. The largest absolute Gasteiger partial charge is 0.496 e. The maximum absolute atomic E-state index is 11.9. The van der Waals surface area contributed by atoms with Crippen molar-refractivity contribution in [3.63, 3.8) is 0 Å². The van der Waals surface area contributed by atoms with Gasteiger partial charge in [0.25, 0.3) is 0 Å². The number of esters is 1. The summed E-state index contributed by atoms with van der Waals surface area (Å²) in [5, 5.41) is 0. The Kier molecular flexibility index (Phi) is 4.46. The van der Waals surface area contributed by atoms with Gasteiger partial charge in [0.1, 0.15) is 11.3 Å². The second-order valence-electron chi connectivity index (χ2n) is 5.25. The van der Waals surface area contributed by atoms with E-state index in [1.165, 1.54) is 44.8 Å². The molecule has 0 aliphatic heterocycles. The van der Waals surface area contributed by atoms with Crippen molar-refractivity contribution in [3.05, 3.63) is 28.8 Å². The van der Waals surface area contributed by atoms with Crippen LogP contribution in [0.2, 0.25) is 0 Å². The summed E-state index contributed by atoms with van der Waals surface area (Å²) < 4.78 is 10.2. The third-order valence-corrected chi connectivity index (χ3v) is 3.98. The van der Waals surface area contributed by atoms with E-state index < -0.39 is 0 Å². The van der Waals surface area contributed by atoms with E-state index in [0.29, 0.717) is 17.2 Å². The van der Waals surface area contributed by atoms with Crippen LogP contribution in [0.3, 0.4) is 0 Å². The minimum Gasteiger partial charge on any atom is -0.496 e. The molecule has 3 heteroatoms. The smallest absolute Gasteiger partial charge is 0.341 e. The Bertz CT molecular complexity index is 459. The fourth-order valence-electron chi connectivity index (χ4n) is 3.01. The number of hydrogen-bond acceptors (Lipinski definition) is 3. The third kappa shape index (κ3) is 2.91. The van der Waals surface area contributed by atoms with Gasteiger partial charge in [-0.05, 0) is 42.9 Å². The van der Waals surface area contributed by atoms with Gasteiger partial charge in [0.15, 0.2) is 0 Å². The Hall–Kier alpha value is -1.51. The number of rotatable bonds is 3. The summed E-state index contributed by atoms with van der Waals surface area (Å²) in [5.41, 5.74) is 2.80. The normalized spacial score (nSPS) is 16.2. The van der Waals surface area contributed by atoms with Gasteiger partial charge < -0.3 is 9.47 Å². The van der Waals surface area contributed by atoms with Crippen LogP contribution in [0.1, 0.15) is 59.5 Å². The molecule has 0 aromatic heterocycles. The highest BCUT2D eigenvalue weighted by molar-refractivity contribution is 5.93. The molecule has 2 rings (SSSR count). The molecule has 1 saturated carbocycles. The maximum Gasteiger partial charge on any atom is 0.341 e. The van der Waals surface area contributed by atoms with Crippen LogP contribution in [0, 0.1) is 6.92 Å². The van der Waals surface area contributed by atoms with Crippen LogP contribution in [0.25, 0.3) is 0 Å². The predicted molar refractivity (Wildman–Crippen MR) is 74.9 cm³/mol. The molecular formula is C16H22O3. The highest BCUT2D eigenvalue weighted by Crippen LogP contribution is 2.36. The molecule has 0 N–H and O–H groups in total. The van der Waals surface area contributed by atoms with Crippen molar-refractivity contribution in [2.24, 2.45) is 0 Å². The SMILES string of the molecule is COC(=O)c1cc(C2CCCCC2)cc(C)c1OC. The quantitative estimate of drug-likeness (QED) is 0.776. The van der Waals surface area contributed by atoms with Crippen molar-refractivity contribution < 1.29 is 14.3 Å². The predicted octanol–water partition coefficient (Wildman–Crippen LogP) is 3.84. The van der Waals surface area contributed by atoms with Crippen LogP contribution < -0.4 is 4.74 Å². The van der Waals surface area contributed by atoms with E-state index in [2.05, 4.69) is 6.07 Å². The Morgan fingerprint density at radius 1 is 1.16 bits per heavy atom. The Morgan fingerprint density at radius 2 is 1.84 bits per heavy atom. The first-order valence-electron chi connectivity index (χ1n) is 6.94. The minimum atomic E-state index is -0.322. The van der Waals surface area contributed by atoms with Crippen LogP contribution in [-0.2, 0) is 4.74 Å². The number of carbonyl (C=O) groups is 1. The molecule has 3 nitrogen and oxygen atoms in total. The molecular weight excluding hydrogens is 240 g/mol. The molecule has 0 unspecified atom stereocenters. The zero-order valence-electron chi connectivity index (χ0n) is 12.0. The van der Waals surface area contributed by atoms with Gasteiger partial charge in [-0.25, -0.2) is 4.79 Å². The Balaban J connectivity index is 2.40. The van der Waals surface area contributed by atoms with E-state index in [1.807, 2.05) is 13.0 Å². The molecule has 0 atom stereocenters. The van der Waals surface area contributed by atoms with Crippen LogP contribution in [0.5, 0.6) is 5.75 Å². The topological polar surface area (TPSA) is 35.5 Å². The van der Waals surface area contributed by atoms with Crippen molar-refractivity contribution in [3.8, 4) is 5.75 Å². The molecule has 104 valence electrons.